The molecule has 0 spiro atoms. The van der Waals surface area contributed by atoms with Crippen LogP contribution in [0.3, 0.4) is 0 Å². The number of aliphatic hydroxyl groups is 1. The Bertz CT molecular complexity index is 350. The number of nitrogens with one attached hydrogen (secondary N) is 1. The lowest BCUT2D eigenvalue weighted by Gasteiger charge is -2.15. The summed E-state index contributed by atoms with van der Waals surface area (Å²) in [6.07, 6.45) is 0. The van der Waals surface area contributed by atoms with Gasteiger partial charge in [-0.05, 0) is 13.0 Å². The summed E-state index contributed by atoms with van der Waals surface area (Å²) in [5.74, 6) is 0. The van der Waals surface area contributed by atoms with Gasteiger partial charge in [0.25, 0.3) is 0 Å². The lowest BCUT2D eigenvalue weighted by atomic mass is 10.1. The average Bonchev–Trinajstić information content (AvgIpc) is 2.28. The maximum absolute atomic E-state index is 8.53. The predicted octanol–water partition coefficient (Wildman–Crippen LogP) is 2.05. The van der Waals surface area contributed by atoms with E-state index in [1.54, 1.807) is 6.07 Å². The summed E-state index contributed by atoms with van der Waals surface area (Å²) >= 11 is 11.7. The maximum Gasteiger partial charge on any atom is 0.135 e. The second-order valence-corrected chi connectivity index (χ2v) is 4.27. The number of hydrogen-bond acceptors (Lipinski definition) is 4. The molecule has 0 aliphatic rings. The van der Waals surface area contributed by atoms with Gasteiger partial charge in [0.1, 0.15) is 10.3 Å². The summed E-state index contributed by atoms with van der Waals surface area (Å²) in [4.78, 5) is 3.98. The lowest BCUT2D eigenvalue weighted by Crippen LogP contribution is -2.24. The van der Waals surface area contributed by atoms with Crippen molar-refractivity contribution in [3.8, 4) is 0 Å². The molecule has 1 rings (SSSR count). The van der Waals surface area contributed by atoms with Crippen molar-refractivity contribution in [3.63, 3.8) is 0 Å². The second kappa shape index (κ2) is 7.84. The molecule has 0 aliphatic heterocycles. The van der Waals surface area contributed by atoms with Gasteiger partial charge in [-0.2, -0.15) is 0 Å². The summed E-state index contributed by atoms with van der Waals surface area (Å²) in [6, 6.07) is 3.64. The molecule has 0 saturated carbocycles. The first-order valence-electron chi connectivity index (χ1n) is 5.39. The van der Waals surface area contributed by atoms with Crippen molar-refractivity contribution >= 4 is 23.2 Å². The zero-order chi connectivity index (χ0) is 12.7. The Morgan fingerprint density at radius 3 is 2.82 bits per heavy atom. The van der Waals surface area contributed by atoms with Crippen molar-refractivity contribution in [2.24, 2.45) is 0 Å². The van der Waals surface area contributed by atoms with Crippen molar-refractivity contribution < 1.29 is 9.84 Å². The van der Waals surface area contributed by atoms with E-state index in [9.17, 15) is 0 Å². The predicted molar refractivity (Wildman–Crippen MR) is 68.6 cm³/mol. The van der Waals surface area contributed by atoms with Crippen LogP contribution < -0.4 is 5.32 Å². The fourth-order valence-electron chi connectivity index (χ4n) is 1.37. The second-order valence-electron chi connectivity index (χ2n) is 3.53. The molecular weight excluding hydrogens is 263 g/mol. The molecule has 2 N–H and O–H groups in total. The monoisotopic (exact) mass is 278 g/mol. The Morgan fingerprint density at radius 2 is 2.18 bits per heavy atom. The van der Waals surface area contributed by atoms with Crippen LogP contribution in [0.4, 0.5) is 0 Å². The van der Waals surface area contributed by atoms with Gasteiger partial charge in [-0.3, -0.25) is 0 Å². The molecule has 4 nitrogen and oxygen atoms in total. The van der Waals surface area contributed by atoms with E-state index in [-0.39, 0.29) is 12.6 Å². The topological polar surface area (TPSA) is 54.4 Å². The van der Waals surface area contributed by atoms with Gasteiger partial charge in [0, 0.05) is 18.2 Å². The molecule has 0 aliphatic carbocycles. The number of aliphatic hydroxyl groups excluding tert-OH is 1. The number of ether oxygens (including phenoxy) is 1. The molecule has 96 valence electrons. The standard InChI is InChI=1S/C11H16Cl2N2O2/c1-8(14-4-6-17-7-5-16)9-2-3-10(12)15-11(9)13/h2-3,8,14,16H,4-7H2,1H3. The van der Waals surface area contributed by atoms with Crippen LogP contribution in [0.15, 0.2) is 12.1 Å². The number of nitrogens with zero attached hydrogens (tertiary/aromatic N) is 1. The van der Waals surface area contributed by atoms with Crippen molar-refractivity contribution in [2.75, 3.05) is 26.4 Å². The smallest absolute Gasteiger partial charge is 0.135 e. The van der Waals surface area contributed by atoms with Gasteiger partial charge in [-0.15, -0.1) is 0 Å². The van der Waals surface area contributed by atoms with Crippen LogP contribution in [0, 0.1) is 0 Å². The van der Waals surface area contributed by atoms with E-state index >= 15 is 0 Å². The molecule has 1 heterocycles. The third kappa shape index (κ3) is 5.19. The first kappa shape index (κ1) is 14.7. The molecule has 0 saturated heterocycles. The molecule has 0 aromatic carbocycles. The van der Waals surface area contributed by atoms with E-state index in [4.69, 9.17) is 33.0 Å². The normalized spacial score (nSPS) is 12.7. The SMILES string of the molecule is CC(NCCOCCO)c1ccc(Cl)nc1Cl. The molecule has 0 fully saturated rings. The van der Waals surface area contributed by atoms with Gasteiger partial charge in [-0.25, -0.2) is 4.98 Å². The van der Waals surface area contributed by atoms with E-state index < -0.39 is 0 Å². The Hall–Kier alpha value is -0.390. The molecule has 1 unspecified atom stereocenters. The van der Waals surface area contributed by atoms with Crippen LogP contribution in [0.2, 0.25) is 10.3 Å². The largest absolute Gasteiger partial charge is 0.394 e. The molecule has 1 aromatic heterocycles. The molecule has 17 heavy (non-hydrogen) atoms. The molecular formula is C11H16Cl2N2O2. The van der Waals surface area contributed by atoms with Crippen molar-refractivity contribution in [1.82, 2.24) is 10.3 Å². The molecule has 0 bridgehead atoms. The Balaban J connectivity index is 2.38. The van der Waals surface area contributed by atoms with Gasteiger partial charge < -0.3 is 15.2 Å². The first-order chi connectivity index (χ1) is 8.15. The zero-order valence-corrected chi connectivity index (χ0v) is 11.1. The molecule has 0 radical (unpaired) electrons. The number of halogens is 2. The van der Waals surface area contributed by atoms with Crippen LogP contribution in [0.25, 0.3) is 0 Å². The highest BCUT2D eigenvalue weighted by molar-refractivity contribution is 6.32. The van der Waals surface area contributed by atoms with Gasteiger partial charge >= 0.3 is 0 Å². The highest BCUT2D eigenvalue weighted by atomic mass is 35.5. The highest BCUT2D eigenvalue weighted by Crippen LogP contribution is 2.22. The summed E-state index contributed by atoms with van der Waals surface area (Å²) < 4.78 is 5.14. The quantitative estimate of drug-likeness (QED) is 0.592. The third-order valence-electron chi connectivity index (χ3n) is 2.24. The first-order valence-corrected chi connectivity index (χ1v) is 6.14. The minimum atomic E-state index is 0.0441. The number of pyridine rings is 1. The van der Waals surface area contributed by atoms with E-state index in [1.165, 1.54) is 0 Å². The summed E-state index contributed by atoms with van der Waals surface area (Å²) in [7, 11) is 0. The molecule has 1 aromatic rings. The number of aromatic nitrogens is 1. The zero-order valence-electron chi connectivity index (χ0n) is 9.62. The summed E-state index contributed by atoms with van der Waals surface area (Å²) in [6.45, 7) is 3.62. The number of hydrogen-bond donors (Lipinski definition) is 2. The average molecular weight is 279 g/mol. The Labute approximate surface area is 111 Å². The van der Waals surface area contributed by atoms with Crippen molar-refractivity contribution in [2.45, 2.75) is 13.0 Å². The van der Waals surface area contributed by atoms with Crippen LogP contribution in [0.1, 0.15) is 18.5 Å². The van der Waals surface area contributed by atoms with Crippen LogP contribution in [-0.2, 0) is 4.74 Å². The highest BCUT2D eigenvalue weighted by Gasteiger charge is 2.10. The van der Waals surface area contributed by atoms with Crippen LogP contribution in [0.5, 0.6) is 0 Å². The van der Waals surface area contributed by atoms with E-state index in [0.29, 0.717) is 30.1 Å². The van der Waals surface area contributed by atoms with Crippen LogP contribution in [-0.4, -0.2) is 36.5 Å². The van der Waals surface area contributed by atoms with E-state index in [0.717, 1.165) is 5.56 Å². The fraction of sp³-hybridized carbons (Fsp3) is 0.545. The molecule has 6 heteroatoms. The third-order valence-corrected chi connectivity index (χ3v) is 2.76. The van der Waals surface area contributed by atoms with Crippen molar-refractivity contribution in [3.05, 3.63) is 28.0 Å². The molecule has 1 atom stereocenters. The van der Waals surface area contributed by atoms with Gasteiger partial charge in [-0.1, -0.05) is 29.3 Å². The van der Waals surface area contributed by atoms with Gasteiger partial charge in [0.2, 0.25) is 0 Å². The lowest BCUT2D eigenvalue weighted by molar-refractivity contribution is 0.0928. The van der Waals surface area contributed by atoms with Crippen molar-refractivity contribution in [1.29, 1.82) is 0 Å². The molecule has 0 amide bonds. The minimum Gasteiger partial charge on any atom is -0.394 e. The van der Waals surface area contributed by atoms with E-state index in [2.05, 4.69) is 10.3 Å². The number of rotatable bonds is 7. The summed E-state index contributed by atoms with van der Waals surface area (Å²) in [5.41, 5.74) is 0.901. The Morgan fingerprint density at radius 1 is 1.41 bits per heavy atom. The van der Waals surface area contributed by atoms with Gasteiger partial charge in [0.05, 0.1) is 19.8 Å². The van der Waals surface area contributed by atoms with Crippen LogP contribution >= 0.6 is 23.2 Å². The Kier molecular flexibility index (Phi) is 6.77. The summed E-state index contributed by atoms with van der Waals surface area (Å²) in [5, 5.41) is 12.6. The van der Waals surface area contributed by atoms with Gasteiger partial charge in [0.15, 0.2) is 0 Å². The maximum atomic E-state index is 8.53. The minimum absolute atomic E-state index is 0.0441. The van der Waals surface area contributed by atoms with E-state index in [1.807, 2.05) is 13.0 Å². The fourth-order valence-corrected chi connectivity index (χ4v) is 1.88.